The van der Waals surface area contributed by atoms with Gasteiger partial charge in [0.1, 0.15) is 5.75 Å². The monoisotopic (exact) mass is 388 g/mol. The molecule has 2 N–H and O–H groups in total. The van der Waals surface area contributed by atoms with Crippen molar-refractivity contribution in [2.24, 2.45) is 0 Å². The third kappa shape index (κ3) is 4.22. The molecule has 0 fully saturated rings. The molecule has 1 amide bonds. The van der Waals surface area contributed by atoms with Gasteiger partial charge in [-0.05, 0) is 24.3 Å². The molecule has 8 heteroatoms. The molecule has 1 aromatic heterocycles. The zero-order chi connectivity index (χ0) is 18.5. The largest absolute Gasteiger partial charge is 0.497 e. The fraction of sp³-hybridized carbons (Fsp3) is 0.0556. The fourth-order valence-electron chi connectivity index (χ4n) is 2.14. The Morgan fingerprint density at radius 2 is 1.69 bits per heavy atom. The van der Waals surface area contributed by atoms with Gasteiger partial charge in [0.05, 0.1) is 28.4 Å². The van der Waals surface area contributed by atoms with Crippen molar-refractivity contribution >= 4 is 46.4 Å². The lowest BCUT2D eigenvalue weighted by molar-refractivity contribution is 0.102. The third-order valence-electron chi connectivity index (χ3n) is 3.44. The van der Waals surface area contributed by atoms with Crippen molar-refractivity contribution in [1.29, 1.82) is 0 Å². The molecule has 0 unspecified atom stereocenters. The molecule has 26 heavy (non-hydrogen) atoms. The number of carbonyl (C=O) groups is 1. The average Bonchev–Trinajstić information content (AvgIpc) is 2.65. The van der Waals surface area contributed by atoms with Gasteiger partial charge < -0.3 is 15.4 Å². The van der Waals surface area contributed by atoms with Crippen molar-refractivity contribution in [1.82, 2.24) is 9.97 Å². The molecule has 3 aromatic rings. The Kier molecular flexibility index (Phi) is 5.55. The van der Waals surface area contributed by atoms with Gasteiger partial charge in [-0.2, -0.15) is 0 Å². The van der Waals surface area contributed by atoms with Crippen LogP contribution in [0.4, 0.5) is 17.3 Å². The topological polar surface area (TPSA) is 76.1 Å². The highest BCUT2D eigenvalue weighted by Gasteiger charge is 2.10. The predicted molar refractivity (Wildman–Crippen MR) is 103 cm³/mol. The summed E-state index contributed by atoms with van der Waals surface area (Å²) in [7, 11) is 1.56. The van der Waals surface area contributed by atoms with E-state index in [0.717, 1.165) is 0 Å². The van der Waals surface area contributed by atoms with E-state index in [1.165, 1.54) is 12.4 Å². The third-order valence-corrected chi connectivity index (χ3v) is 4.07. The maximum atomic E-state index is 12.3. The summed E-state index contributed by atoms with van der Waals surface area (Å²) in [4.78, 5) is 20.6. The lowest BCUT2D eigenvalue weighted by Crippen LogP contribution is -2.13. The molecular formula is C18H14Cl2N4O2. The Bertz CT molecular complexity index is 912. The summed E-state index contributed by atoms with van der Waals surface area (Å²) in [5.41, 5.74) is 1.42. The lowest BCUT2D eigenvalue weighted by Gasteiger charge is -2.09. The maximum absolute atomic E-state index is 12.3. The van der Waals surface area contributed by atoms with E-state index in [0.29, 0.717) is 32.7 Å². The van der Waals surface area contributed by atoms with Crippen molar-refractivity contribution in [3.63, 3.8) is 0 Å². The number of methoxy groups -OCH3 is 1. The van der Waals surface area contributed by atoms with E-state index in [2.05, 4.69) is 20.6 Å². The van der Waals surface area contributed by atoms with E-state index in [1.807, 2.05) is 0 Å². The Morgan fingerprint density at radius 1 is 1.04 bits per heavy atom. The first-order chi connectivity index (χ1) is 12.6. The molecule has 0 aliphatic carbocycles. The Labute approximate surface area is 160 Å². The molecule has 3 rings (SSSR count). The van der Waals surface area contributed by atoms with Gasteiger partial charge in [0.25, 0.3) is 5.91 Å². The first kappa shape index (κ1) is 18.0. The van der Waals surface area contributed by atoms with Crippen molar-refractivity contribution < 1.29 is 9.53 Å². The lowest BCUT2D eigenvalue weighted by atomic mass is 10.2. The van der Waals surface area contributed by atoms with Crippen LogP contribution < -0.4 is 15.4 Å². The summed E-state index contributed by atoms with van der Waals surface area (Å²) in [6.07, 6.45) is 2.82. The molecule has 0 radical (unpaired) electrons. The van der Waals surface area contributed by atoms with Crippen LogP contribution >= 0.6 is 23.2 Å². The molecule has 0 saturated heterocycles. The standard InChI is InChI=1S/C18H14Cl2N4O2/c1-26-13-5-2-4-12(8-13)23-17(25)11-9-21-18(22-10-11)24-16-14(19)6-3-7-15(16)20/h2-10H,1H3,(H,23,25)(H,21,22,24). The van der Waals surface area contributed by atoms with E-state index in [1.54, 1.807) is 49.6 Å². The number of para-hydroxylation sites is 1. The SMILES string of the molecule is COc1cccc(NC(=O)c2cnc(Nc3c(Cl)cccc3Cl)nc2)c1. The molecule has 0 saturated carbocycles. The molecule has 132 valence electrons. The number of halogens is 2. The van der Waals surface area contributed by atoms with Gasteiger partial charge in [0.15, 0.2) is 0 Å². The Balaban J connectivity index is 1.71. The minimum atomic E-state index is -0.333. The van der Waals surface area contributed by atoms with Crippen LogP contribution in [0.15, 0.2) is 54.9 Å². The molecule has 1 heterocycles. The van der Waals surface area contributed by atoms with Crippen molar-refractivity contribution in [2.75, 3.05) is 17.7 Å². The molecular weight excluding hydrogens is 375 g/mol. The summed E-state index contributed by atoms with van der Waals surface area (Å²) in [5.74, 6) is 0.591. The minimum absolute atomic E-state index is 0.276. The van der Waals surface area contributed by atoms with E-state index >= 15 is 0 Å². The van der Waals surface area contributed by atoms with Crippen LogP contribution in [-0.2, 0) is 0 Å². The zero-order valence-electron chi connectivity index (χ0n) is 13.7. The second kappa shape index (κ2) is 8.03. The Hall–Kier alpha value is -2.83. The first-order valence-corrected chi connectivity index (χ1v) is 8.31. The van der Waals surface area contributed by atoms with Crippen LogP contribution in [0.5, 0.6) is 5.75 Å². The van der Waals surface area contributed by atoms with Gasteiger partial charge in [-0.25, -0.2) is 9.97 Å². The van der Waals surface area contributed by atoms with E-state index in [4.69, 9.17) is 27.9 Å². The summed E-state index contributed by atoms with van der Waals surface area (Å²) < 4.78 is 5.13. The number of rotatable bonds is 5. The van der Waals surface area contributed by atoms with Gasteiger partial charge in [0.2, 0.25) is 5.95 Å². The number of nitrogens with one attached hydrogen (secondary N) is 2. The van der Waals surface area contributed by atoms with Crippen LogP contribution in [0, 0.1) is 0 Å². The predicted octanol–water partition coefficient (Wildman–Crippen LogP) is 4.79. The van der Waals surface area contributed by atoms with Gasteiger partial charge in [0, 0.05) is 24.1 Å². The second-order valence-electron chi connectivity index (χ2n) is 5.20. The van der Waals surface area contributed by atoms with Crippen LogP contribution in [-0.4, -0.2) is 23.0 Å². The normalized spacial score (nSPS) is 10.3. The first-order valence-electron chi connectivity index (χ1n) is 7.55. The molecule has 2 aromatic carbocycles. The highest BCUT2D eigenvalue weighted by Crippen LogP contribution is 2.31. The summed E-state index contributed by atoms with van der Waals surface area (Å²) in [5, 5.41) is 6.59. The van der Waals surface area contributed by atoms with E-state index in [9.17, 15) is 4.79 Å². The minimum Gasteiger partial charge on any atom is -0.497 e. The van der Waals surface area contributed by atoms with Gasteiger partial charge in [-0.3, -0.25) is 4.79 Å². The van der Waals surface area contributed by atoms with E-state index in [-0.39, 0.29) is 11.9 Å². The number of aromatic nitrogens is 2. The van der Waals surface area contributed by atoms with Crippen LogP contribution in [0.2, 0.25) is 10.0 Å². The Morgan fingerprint density at radius 3 is 2.35 bits per heavy atom. The fourth-order valence-corrected chi connectivity index (χ4v) is 2.63. The summed E-state index contributed by atoms with van der Waals surface area (Å²) >= 11 is 12.2. The maximum Gasteiger partial charge on any atom is 0.258 e. The number of nitrogens with zero attached hydrogens (tertiary/aromatic N) is 2. The average molecular weight is 389 g/mol. The summed E-state index contributed by atoms with van der Waals surface area (Å²) in [6, 6.07) is 12.2. The smallest absolute Gasteiger partial charge is 0.258 e. The van der Waals surface area contributed by atoms with Crippen molar-refractivity contribution in [3.05, 3.63) is 70.5 Å². The van der Waals surface area contributed by atoms with Crippen LogP contribution in [0.25, 0.3) is 0 Å². The van der Waals surface area contributed by atoms with Gasteiger partial charge in [-0.1, -0.05) is 35.3 Å². The number of hydrogen-bond acceptors (Lipinski definition) is 5. The van der Waals surface area contributed by atoms with Gasteiger partial charge >= 0.3 is 0 Å². The zero-order valence-corrected chi connectivity index (χ0v) is 15.2. The second-order valence-corrected chi connectivity index (χ2v) is 6.02. The quantitative estimate of drug-likeness (QED) is 0.656. The molecule has 0 spiro atoms. The molecule has 0 atom stereocenters. The molecule has 0 aliphatic heterocycles. The van der Waals surface area contributed by atoms with Crippen LogP contribution in [0.3, 0.4) is 0 Å². The summed E-state index contributed by atoms with van der Waals surface area (Å²) in [6.45, 7) is 0. The number of amides is 1. The van der Waals surface area contributed by atoms with Gasteiger partial charge in [-0.15, -0.1) is 0 Å². The van der Waals surface area contributed by atoms with Crippen molar-refractivity contribution in [2.45, 2.75) is 0 Å². The highest BCUT2D eigenvalue weighted by atomic mass is 35.5. The number of carbonyl (C=O) groups excluding carboxylic acids is 1. The number of hydrogen-bond donors (Lipinski definition) is 2. The van der Waals surface area contributed by atoms with E-state index < -0.39 is 0 Å². The molecule has 6 nitrogen and oxygen atoms in total. The highest BCUT2D eigenvalue weighted by molar-refractivity contribution is 6.39. The van der Waals surface area contributed by atoms with Crippen LogP contribution in [0.1, 0.15) is 10.4 Å². The number of benzene rings is 2. The molecule has 0 bridgehead atoms. The number of ether oxygens (including phenoxy) is 1. The number of anilines is 3. The molecule has 0 aliphatic rings. The van der Waals surface area contributed by atoms with Crippen molar-refractivity contribution in [3.8, 4) is 5.75 Å².